The average molecular weight is 816 g/mol. The van der Waals surface area contributed by atoms with Gasteiger partial charge in [0.25, 0.3) is 0 Å². The summed E-state index contributed by atoms with van der Waals surface area (Å²) >= 11 is 0. The summed E-state index contributed by atoms with van der Waals surface area (Å²) in [4.78, 5) is 0. The van der Waals surface area contributed by atoms with Crippen molar-refractivity contribution >= 4 is 82.1 Å². The monoisotopic (exact) mass is 815 g/mol. The first kappa shape index (κ1) is 36.1. The van der Waals surface area contributed by atoms with Gasteiger partial charge in [0, 0.05) is 39.0 Å². The average Bonchev–Trinajstić information content (AvgIpc) is 3.99. The van der Waals surface area contributed by atoms with Crippen molar-refractivity contribution in [1.82, 2.24) is 13.7 Å². The zero-order valence-corrected chi connectivity index (χ0v) is 34.8. The maximum Gasteiger partial charge on any atom is 0.102 e. The van der Waals surface area contributed by atoms with E-state index in [9.17, 15) is 10.5 Å². The highest BCUT2D eigenvalue weighted by atomic mass is 15.1. The molecule has 3 aromatic heterocycles. The van der Waals surface area contributed by atoms with Gasteiger partial charge in [-0.05, 0) is 87.5 Å². The first-order chi connectivity index (χ1) is 31.7. The van der Waals surface area contributed by atoms with E-state index in [1.54, 1.807) is 0 Å². The second-order valence-corrected chi connectivity index (χ2v) is 16.9. The fourth-order valence-corrected chi connectivity index (χ4v) is 11.0. The van der Waals surface area contributed by atoms with Gasteiger partial charge in [-0.1, -0.05) is 152 Å². The molecule has 1 aliphatic rings. The van der Waals surface area contributed by atoms with E-state index >= 15 is 0 Å². The van der Waals surface area contributed by atoms with E-state index in [1.165, 1.54) is 16.3 Å². The normalized spacial score (nSPS) is 12.5. The highest BCUT2D eigenvalue weighted by Gasteiger charge is 2.33. The summed E-state index contributed by atoms with van der Waals surface area (Å²) in [5.74, 6) is 0. The lowest BCUT2D eigenvalue weighted by Crippen LogP contribution is -2.17. The van der Waals surface area contributed by atoms with Crippen LogP contribution in [-0.4, -0.2) is 13.7 Å². The molecule has 0 unspecified atom stereocenters. The number of benzene rings is 9. The van der Waals surface area contributed by atoms with Crippen LogP contribution in [-0.2, 0) is 12.8 Å². The molecule has 3 heterocycles. The van der Waals surface area contributed by atoms with E-state index in [0.717, 1.165) is 106 Å². The molecular formula is C59H37N5. The van der Waals surface area contributed by atoms with Crippen molar-refractivity contribution in [3.8, 4) is 29.2 Å². The predicted molar refractivity (Wildman–Crippen MR) is 263 cm³/mol. The number of fused-ring (bicyclic) bond motifs is 12. The first-order valence-electron chi connectivity index (χ1n) is 21.9. The van der Waals surface area contributed by atoms with Gasteiger partial charge in [-0.15, -0.1) is 0 Å². The van der Waals surface area contributed by atoms with Gasteiger partial charge >= 0.3 is 0 Å². The molecule has 5 nitrogen and oxygen atoms in total. The Labute approximate surface area is 368 Å². The predicted octanol–water partition coefficient (Wildman–Crippen LogP) is 14.4. The summed E-state index contributed by atoms with van der Waals surface area (Å²) in [6.45, 7) is 0. The standard InChI is InChI=1S/C59H37N5/c60-35-49-48(34-38-33-37-17-1-2-18-39(37)41-20-4-3-19-40(38)41)50(36-61)58(63-53-29-13-7-23-44(53)45-24-8-14-30-54(45)63)59(64-55-31-15-9-25-46(55)47-26-10-16-32-56(47)64)57(49)62-51-27-11-5-21-42(51)43-22-6-12-28-52(43)62/h1-9,11-25,27-33H,10,26,34H2. The second kappa shape index (κ2) is 13.9. The fourth-order valence-electron chi connectivity index (χ4n) is 11.0. The van der Waals surface area contributed by atoms with Crippen molar-refractivity contribution in [1.29, 1.82) is 10.5 Å². The van der Waals surface area contributed by atoms with Gasteiger partial charge in [-0.3, -0.25) is 0 Å². The summed E-state index contributed by atoms with van der Waals surface area (Å²) in [6.07, 6.45) is 6.69. The van der Waals surface area contributed by atoms with Crippen molar-refractivity contribution in [3.05, 3.63) is 216 Å². The Bertz CT molecular complexity index is 3820. The molecule has 13 rings (SSSR count). The van der Waals surface area contributed by atoms with Crippen molar-refractivity contribution in [3.63, 3.8) is 0 Å². The Morgan fingerprint density at radius 3 is 1.36 bits per heavy atom. The SMILES string of the molecule is N#Cc1c(Cc2cc3ccccc3c3ccccc23)c(C#N)c(-n2c3ccccc3c3ccccc32)c(-n2c3c(c4ccccc42)CCC=C3)c1-n1c2ccccc2c2ccccc21. The van der Waals surface area contributed by atoms with Crippen LogP contribution in [0.25, 0.3) is 99.2 Å². The molecule has 0 fully saturated rings. The molecule has 298 valence electrons. The van der Waals surface area contributed by atoms with Crippen LogP contribution >= 0.6 is 0 Å². The third-order valence-electron chi connectivity index (χ3n) is 13.7. The number of para-hydroxylation sites is 5. The Morgan fingerprint density at radius 2 is 0.844 bits per heavy atom. The van der Waals surface area contributed by atoms with E-state index in [2.05, 4.69) is 214 Å². The van der Waals surface area contributed by atoms with Crippen LogP contribution in [0, 0.1) is 22.7 Å². The number of nitriles is 2. The molecule has 0 bridgehead atoms. The molecule has 0 N–H and O–H groups in total. The Hall–Kier alpha value is -8.64. The summed E-state index contributed by atoms with van der Waals surface area (Å²) in [5.41, 5.74) is 12.3. The van der Waals surface area contributed by atoms with E-state index in [1.807, 2.05) is 0 Å². The van der Waals surface area contributed by atoms with Gasteiger partial charge < -0.3 is 13.7 Å². The summed E-state index contributed by atoms with van der Waals surface area (Å²) in [5, 5.41) is 34.2. The fraction of sp³-hybridized carbons (Fsp3) is 0.0508. The van der Waals surface area contributed by atoms with E-state index in [4.69, 9.17) is 0 Å². The molecule has 0 radical (unpaired) electrons. The zero-order chi connectivity index (χ0) is 42.5. The molecule has 0 saturated carbocycles. The number of aryl methyl sites for hydroxylation is 1. The highest BCUT2D eigenvalue weighted by Crippen LogP contribution is 2.47. The van der Waals surface area contributed by atoms with Crippen molar-refractivity contribution < 1.29 is 0 Å². The van der Waals surface area contributed by atoms with Gasteiger partial charge in [0.15, 0.2) is 0 Å². The number of rotatable bonds is 5. The van der Waals surface area contributed by atoms with Crippen molar-refractivity contribution in [2.75, 3.05) is 0 Å². The van der Waals surface area contributed by atoms with Crippen LogP contribution < -0.4 is 0 Å². The number of nitrogens with zero attached hydrogens (tertiary/aromatic N) is 5. The molecule has 9 aromatic carbocycles. The molecule has 64 heavy (non-hydrogen) atoms. The summed E-state index contributed by atoms with van der Waals surface area (Å²) < 4.78 is 6.99. The molecule has 0 atom stereocenters. The molecule has 0 aliphatic heterocycles. The molecule has 12 aromatic rings. The molecule has 5 heteroatoms. The Kier molecular flexibility index (Phi) is 7.85. The quantitative estimate of drug-likeness (QED) is 0.162. The van der Waals surface area contributed by atoms with Gasteiger partial charge in [-0.25, -0.2) is 0 Å². The van der Waals surface area contributed by atoms with E-state index < -0.39 is 0 Å². The van der Waals surface area contributed by atoms with Gasteiger partial charge in [0.1, 0.15) is 12.1 Å². The molecule has 0 spiro atoms. The second-order valence-electron chi connectivity index (χ2n) is 16.9. The number of allylic oxidation sites excluding steroid dienone is 1. The molecule has 0 amide bonds. The minimum absolute atomic E-state index is 0.357. The van der Waals surface area contributed by atoms with Crippen LogP contribution in [0.3, 0.4) is 0 Å². The van der Waals surface area contributed by atoms with Crippen LogP contribution in [0.1, 0.15) is 39.9 Å². The topological polar surface area (TPSA) is 62.4 Å². The number of hydrogen-bond donors (Lipinski definition) is 0. The maximum absolute atomic E-state index is 12.1. The number of aromatic nitrogens is 3. The lowest BCUT2D eigenvalue weighted by atomic mass is 9.88. The minimum atomic E-state index is 0.357. The smallest absolute Gasteiger partial charge is 0.102 e. The van der Waals surface area contributed by atoms with Crippen LogP contribution in [0.4, 0.5) is 0 Å². The lowest BCUT2D eigenvalue weighted by molar-refractivity contribution is 0.949. The Morgan fingerprint density at radius 1 is 0.422 bits per heavy atom. The highest BCUT2D eigenvalue weighted by molar-refractivity contribution is 6.13. The number of hydrogen-bond acceptors (Lipinski definition) is 2. The first-order valence-corrected chi connectivity index (χ1v) is 21.9. The van der Waals surface area contributed by atoms with Crippen LogP contribution in [0.2, 0.25) is 0 Å². The third-order valence-corrected chi connectivity index (χ3v) is 13.7. The van der Waals surface area contributed by atoms with Gasteiger partial charge in [0.05, 0.1) is 55.8 Å². The molecular weight excluding hydrogens is 779 g/mol. The van der Waals surface area contributed by atoms with Gasteiger partial charge in [-0.2, -0.15) is 10.5 Å². The van der Waals surface area contributed by atoms with Gasteiger partial charge in [0.2, 0.25) is 0 Å². The molecule has 1 aliphatic carbocycles. The summed E-state index contributed by atoms with van der Waals surface area (Å²) in [6, 6.07) is 67.6. The van der Waals surface area contributed by atoms with Crippen molar-refractivity contribution in [2.24, 2.45) is 0 Å². The van der Waals surface area contributed by atoms with Crippen LogP contribution in [0.15, 0.2) is 182 Å². The maximum atomic E-state index is 12.1. The van der Waals surface area contributed by atoms with E-state index in [-0.39, 0.29) is 0 Å². The van der Waals surface area contributed by atoms with Crippen molar-refractivity contribution in [2.45, 2.75) is 19.3 Å². The van der Waals surface area contributed by atoms with E-state index in [0.29, 0.717) is 23.1 Å². The minimum Gasteiger partial charge on any atom is -0.306 e. The van der Waals surface area contributed by atoms with Crippen LogP contribution in [0.5, 0.6) is 0 Å². The largest absolute Gasteiger partial charge is 0.306 e. The lowest BCUT2D eigenvalue weighted by Gasteiger charge is -2.27. The summed E-state index contributed by atoms with van der Waals surface area (Å²) in [7, 11) is 0. The Balaban J connectivity index is 1.31. The molecule has 0 saturated heterocycles. The third kappa shape index (κ3) is 4.98. The zero-order valence-electron chi connectivity index (χ0n) is 34.8.